The fourth-order valence-corrected chi connectivity index (χ4v) is 2.44. The summed E-state index contributed by atoms with van der Waals surface area (Å²) in [6.07, 6.45) is 2.06. The Morgan fingerprint density at radius 1 is 1.35 bits per heavy atom. The van der Waals surface area contributed by atoms with E-state index in [-0.39, 0.29) is 17.8 Å². The first kappa shape index (κ1) is 13.3. The fourth-order valence-electron chi connectivity index (χ4n) is 2.44. The number of carbonyl (C=O) groups excluding carboxylic acids is 1. The molecule has 1 aliphatic carbocycles. The molecule has 2 fully saturated rings. The zero-order chi connectivity index (χ0) is 14.1. The van der Waals surface area contributed by atoms with Gasteiger partial charge in [-0.15, -0.1) is 0 Å². The molecule has 106 valence electrons. The highest BCUT2D eigenvalue weighted by Gasteiger charge is 2.34. The van der Waals surface area contributed by atoms with Gasteiger partial charge in [0.2, 0.25) is 5.91 Å². The smallest absolute Gasteiger partial charge is 0.250 e. The number of nitrogens with zero attached hydrogens (tertiary/aromatic N) is 1. The molecular weight excluding hydrogens is 255 g/mol. The molecule has 0 bridgehead atoms. The van der Waals surface area contributed by atoms with Gasteiger partial charge in [-0.25, -0.2) is 4.39 Å². The van der Waals surface area contributed by atoms with Gasteiger partial charge in [0.1, 0.15) is 5.82 Å². The van der Waals surface area contributed by atoms with E-state index in [2.05, 4.69) is 5.32 Å². The highest BCUT2D eigenvalue weighted by molar-refractivity contribution is 5.94. The molecule has 0 atom stereocenters. The van der Waals surface area contributed by atoms with Gasteiger partial charge in [-0.2, -0.15) is 0 Å². The van der Waals surface area contributed by atoms with Crippen LogP contribution >= 0.6 is 0 Å². The monoisotopic (exact) mass is 274 g/mol. The lowest BCUT2D eigenvalue weighted by atomic mass is 10.0. The molecule has 20 heavy (non-hydrogen) atoms. The Labute approximate surface area is 118 Å². The molecule has 3 rings (SSSR count). The number of amides is 1. The van der Waals surface area contributed by atoms with E-state index in [9.17, 15) is 9.18 Å². The minimum absolute atomic E-state index is 0.0623. The van der Waals surface area contributed by atoms with Gasteiger partial charge in [0.05, 0.1) is 0 Å². The summed E-state index contributed by atoms with van der Waals surface area (Å²) in [7, 11) is 0. The van der Waals surface area contributed by atoms with E-state index in [1.54, 1.807) is 12.1 Å². The van der Waals surface area contributed by atoms with Crippen LogP contribution in [-0.4, -0.2) is 29.9 Å². The van der Waals surface area contributed by atoms with E-state index in [0.29, 0.717) is 12.1 Å². The standard InChI is InChI=1S/C16H19FN2O/c1-11(13-8-18-9-13)16(20)19(14-6-7-14)10-12-4-2-3-5-15(12)17/h2-5,14,18H,6-10H2,1H3. The van der Waals surface area contributed by atoms with Gasteiger partial charge in [-0.1, -0.05) is 18.2 Å². The van der Waals surface area contributed by atoms with Crippen LogP contribution in [-0.2, 0) is 11.3 Å². The third-order valence-electron chi connectivity index (χ3n) is 4.07. The second kappa shape index (κ2) is 5.37. The molecule has 4 heteroatoms. The van der Waals surface area contributed by atoms with Crippen LogP contribution < -0.4 is 5.32 Å². The second-order valence-electron chi connectivity index (χ2n) is 5.59. The number of nitrogens with one attached hydrogen (secondary N) is 1. The SMILES string of the molecule is CC(C(=O)N(Cc1ccccc1F)C1CC1)=C1CNC1. The first-order chi connectivity index (χ1) is 9.66. The summed E-state index contributed by atoms with van der Waals surface area (Å²) in [4.78, 5) is 14.4. The molecule has 1 aromatic carbocycles. The van der Waals surface area contributed by atoms with Crippen molar-refractivity contribution in [3.63, 3.8) is 0 Å². The predicted molar refractivity (Wildman–Crippen MR) is 75.5 cm³/mol. The molecule has 1 saturated heterocycles. The summed E-state index contributed by atoms with van der Waals surface area (Å²) in [6, 6.07) is 6.98. The van der Waals surface area contributed by atoms with Crippen molar-refractivity contribution in [1.82, 2.24) is 10.2 Å². The van der Waals surface area contributed by atoms with Gasteiger partial charge < -0.3 is 10.2 Å². The Morgan fingerprint density at radius 3 is 2.60 bits per heavy atom. The quantitative estimate of drug-likeness (QED) is 0.854. The molecule has 1 aromatic rings. The molecule has 1 heterocycles. The van der Waals surface area contributed by atoms with Crippen molar-refractivity contribution in [2.45, 2.75) is 32.4 Å². The van der Waals surface area contributed by atoms with E-state index in [4.69, 9.17) is 0 Å². The lowest BCUT2D eigenvalue weighted by Gasteiger charge is -2.27. The van der Waals surface area contributed by atoms with Crippen LogP contribution in [0.4, 0.5) is 4.39 Å². The van der Waals surface area contributed by atoms with E-state index < -0.39 is 0 Å². The molecule has 1 aliphatic heterocycles. The van der Waals surface area contributed by atoms with Gasteiger partial charge in [0, 0.05) is 36.8 Å². The van der Waals surface area contributed by atoms with Crippen molar-refractivity contribution in [1.29, 1.82) is 0 Å². The number of benzene rings is 1. The topological polar surface area (TPSA) is 32.3 Å². The maximum Gasteiger partial charge on any atom is 0.250 e. The highest BCUT2D eigenvalue weighted by atomic mass is 19.1. The maximum atomic E-state index is 13.8. The number of rotatable bonds is 4. The predicted octanol–water partition coefficient (Wildman–Crippen LogP) is 2.24. The van der Waals surface area contributed by atoms with Crippen molar-refractivity contribution in [2.24, 2.45) is 0 Å². The van der Waals surface area contributed by atoms with E-state index in [0.717, 1.165) is 31.5 Å². The fraction of sp³-hybridized carbons (Fsp3) is 0.438. The maximum absolute atomic E-state index is 13.8. The first-order valence-corrected chi connectivity index (χ1v) is 7.10. The average molecular weight is 274 g/mol. The van der Waals surface area contributed by atoms with Gasteiger partial charge in [-0.3, -0.25) is 4.79 Å². The van der Waals surface area contributed by atoms with Gasteiger partial charge in [0.25, 0.3) is 0 Å². The summed E-state index contributed by atoms with van der Waals surface area (Å²) in [6.45, 7) is 3.86. The van der Waals surface area contributed by atoms with Crippen LogP contribution in [0, 0.1) is 5.82 Å². The Balaban J connectivity index is 1.79. The first-order valence-electron chi connectivity index (χ1n) is 7.10. The molecule has 2 aliphatic rings. The lowest BCUT2D eigenvalue weighted by Crippen LogP contribution is -2.39. The van der Waals surface area contributed by atoms with E-state index >= 15 is 0 Å². The third-order valence-corrected chi connectivity index (χ3v) is 4.07. The van der Waals surface area contributed by atoms with Crippen LogP contribution in [0.25, 0.3) is 0 Å². The van der Waals surface area contributed by atoms with Crippen LogP contribution in [0.5, 0.6) is 0 Å². The Bertz CT molecular complexity index is 557. The van der Waals surface area contributed by atoms with Crippen molar-refractivity contribution < 1.29 is 9.18 Å². The summed E-state index contributed by atoms with van der Waals surface area (Å²) < 4.78 is 13.8. The number of halogens is 1. The molecular formula is C16H19FN2O. The van der Waals surface area contributed by atoms with Crippen LogP contribution in [0.3, 0.4) is 0 Å². The summed E-state index contributed by atoms with van der Waals surface area (Å²) in [5.41, 5.74) is 2.60. The largest absolute Gasteiger partial charge is 0.332 e. The van der Waals surface area contributed by atoms with Crippen molar-refractivity contribution in [2.75, 3.05) is 13.1 Å². The number of carbonyl (C=O) groups is 1. The van der Waals surface area contributed by atoms with E-state index in [1.165, 1.54) is 11.6 Å². The van der Waals surface area contributed by atoms with Crippen molar-refractivity contribution in [3.05, 3.63) is 46.8 Å². The minimum Gasteiger partial charge on any atom is -0.332 e. The van der Waals surface area contributed by atoms with Crippen molar-refractivity contribution >= 4 is 5.91 Å². The van der Waals surface area contributed by atoms with Gasteiger partial charge in [0.15, 0.2) is 0 Å². The highest BCUT2D eigenvalue weighted by Crippen LogP contribution is 2.30. The zero-order valence-corrected chi connectivity index (χ0v) is 11.7. The molecule has 0 aromatic heterocycles. The molecule has 0 radical (unpaired) electrons. The molecule has 1 amide bonds. The molecule has 1 N–H and O–H groups in total. The van der Waals surface area contributed by atoms with Crippen LogP contribution in [0.1, 0.15) is 25.3 Å². The Hall–Kier alpha value is -1.68. The molecule has 0 spiro atoms. The average Bonchev–Trinajstić information content (AvgIpc) is 3.19. The summed E-state index contributed by atoms with van der Waals surface area (Å²) in [5, 5.41) is 3.15. The Kier molecular flexibility index (Phi) is 3.57. The third kappa shape index (κ3) is 2.61. The second-order valence-corrected chi connectivity index (χ2v) is 5.59. The molecule has 3 nitrogen and oxygen atoms in total. The summed E-state index contributed by atoms with van der Waals surface area (Å²) >= 11 is 0. The van der Waals surface area contributed by atoms with Gasteiger partial charge >= 0.3 is 0 Å². The van der Waals surface area contributed by atoms with Crippen LogP contribution in [0.2, 0.25) is 0 Å². The minimum atomic E-state index is -0.235. The number of hydrogen-bond donors (Lipinski definition) is 1. The van der Waals surface area contributed by atoms with Crippen molar-refractivity contribution in [3.8, 4) is 0 Å². The molecule has 1 saturated carbocycles. The number of hydrogen-bond acceptors (Lipinski definition) is 2. The lowest BCUT2D eigenvalue weighted by molar-refractivity contribution is -0.128. The summed E-state index contributed by atoms with van der Waals surface area (Å²) in [5.74, 6) is -0.172. The van der Waals surface area contributed by atoms with Crippen LogP contribution in [0.15, 0.2) is 35.4 Å². The van der Waals surface area contributed by atoms with Gasteiger partial charge in [-0.05, 0) is 31.4 Å². The zero-order valence-electron chi connectivity index (χ0n) is 11.7. The molecule has 0 unspecified atom stereocenters. The normalized spacial score (nSPS) is 17.6. The Morgan fingerprint density at radius 2 is 2.05 bits per heavy atom. The van der Waals surface area contributed by atoms with E-state index in [1.807, 2.05) is 17.9 Å².